The van der Waals surface area contributed by atoms with Crippen molar-refractivity contribution in [1.29, 1.82) is 0 Å². The van der Waals surface area contributed by atoms with Crippen molar-refractivity contribution in [2.75, 3.05) is 27.2 Å². The van der Waals surface area contributed by atoms with Gasteiger partial charge in [0.25, 0.3) is 5.91 Å². The van der Waals surface area contributed by atoms with Gasteiger partial charge in [-0.15, -0.1) is 0 Å². The van der Waals surface area contributed by atoms with Crippen molar-refractivity contribution in [2.45, 2.75) is 31.0 Å². The third kappa shape index (κ3) is 4.59. The number of hydrogen-bond donors (Lipinski definition) is 6. The van der Waals surface area contributed by atoms with Crippen molar-refractivity contribution >= 4 is 29.1 Å². The predicted octanol–water partition coefficient (Wildman–Crippen LogP) is 0.547. The van der Waals surface area contributed by atoms with Crippen LogP contribution in [0.5, 0.6) is 5.75 Å². The lowest BCUT2D eigenvalue weighted by atomic mass is 9.56. The van der Waals surface area contributed by atoms with Gasteiger partial charge in [-0.2, -0.15) is 0 Å². The third-order valence-corrected chi connectivity index (χ3v) is 8.55. The Bertz CT molecular complexity index is 1500. The standard InChI is InChI=1S/C30H33N3O8/c1-33(2)9-8-32-29(40)15-5-3-4-14(10-15)18-6-7-20(34)23-19(18)12-16-11-17-13-21(35)24(28(31)39)27(38)30(17,41)26(37)22(16)25(23)36/h3-7,10,16-17,21,24,34-36,41H,8-9,11-13H2,1-2H3,(H2,31,39)(H,32,40)/t16-,17+,21?,24?,30+/m1/s1. The number of carbonyl (C=O) groups excluding carboxylic acids is 4. The van der Waals surface area contributed by atoms with Crippen LogP contribution in [0.4, 0.5) is 0 Å². The second-order valence-corrected chi connectivity index (χ2v) is 11.4. The first-order valence-corrected chi connectivity index (χ1v) is 13.5. The van der Waals surface area contributed by atoms with Crippen LogP contribution in [-0.2, 0) is 20.8 Å². The number of aliphatic hydroxyl groups is 3. The molecule has 2 fully saturated rings. The number of fused-ring (bicyclic) bond motifs is 3. The minimum Gasteiger partial charge on any atom is -0.507 e. The van der Waals surface area contributed by atoms with E-state index in [0.29, 0.717) is 35.3 Å². The molecule has 3 aliphatic carbocycles. The maximum atomic E-state index is 13.7. The molecule has 7 N–H and O–H groups in total. The van der Waals surface area contributed by atoms with Crippen molar-refractivity contribution in [3.63, 3.8) is 0 Å². The predicted molar refractivity (Wildman–Crippen MR) is 148 cm³/mol. The van der Waals surface area contributed by atoms with Crippen LogP contribution in [0.15, 0.2) is 42.0 Å². The molecule has 2 saturated carbocycles. The van der Waals surface area contributed by atoms with Gasteiger partial charge in [0.05, 0.1) is 11.7 Å². The number of rotatable bonds is 6. The Morgan fingerprint density at radius 3 is 2.54 bits per heavy atom. The van der Waals surface area contributed by atoms with E-state index >= 15 is 0 Å². The number of amides is 2. The zero-order chi connectivity index (χ0) is 29.8. The van der Waals surface area contributed by atoms with E-state index in [0.717, 1.165) is 0 Å². The lowest BCUT2D eigenvalue weighted by Crippen LogP contribution is -2.66. The molecule has 2 unspecified atom stereocenters. The second kappa shape index (κ2) is 10.4. The highest BCUT2D eigenvalue weighted by atomic mass is 16.3. The molecule has 0 heterocycles. The molecule has 3 aliphatic rings. The highest BCUT2D eigenvalue weighted by Crippen LogP contribution is 2.52. The number of nitrogens with zero attached hydrogens (tertiary/aromatic N) is 1. The summed E-state index contributed by atoms with van der Waals surface area (Å²) in [5.74, 6) is -7.86. The van der Waals surface area contributed by atoms with Crippen molar-refractivity contribution in [3.8, 4) is 16.9 Å². The van der Waals surface area contributed by atoms with Crippen LogP contribution < -0.4 is 11.1 Å². The minimum atomic E-state index is -2.63. The first kappa shape index (κ1) is 28.5. The number of Topliss-reactive ketones (excluding diaryl/α,β-unsaturated/α-hetero) is 2. The Labute approximate surface area is 236 Å². The number of ketones is 2. The molecule has 11 nitrogen and oxygen atoms in total. The molecule has 216 valence electrons. The molecule has 5 atom stereocenters. The van der Waals surface area contributed by atoms with Gasteiger partial charge in [-0.1, -0.05) is 18.2 Å². The fraction of sp³-hybridized carbons (Fsp3) is 0.400. The first-order valence-electron chi connectivity index (χ1n) is 13.5. The summed E-state index contributed by atoms with van der Waals surface area (Å²) in [5.41, 5.74) is 4.71. The van der Waals surface area contributed by atoms with Crippen LogP contribution in [0.3, 0.4) is 0 Å². The number of aromatic hydroxyl groups is 1. The molecule has 0 aromatic heterocycles. The lowest BCUT2D eigenvalue weighted by Gasteiger charge is -2.48. The molecule has 2 aromatic carbocycles. The van der Waals surface area contributed by atoms with Crippen molar-refractivity contribution in [1.82, 2.24) is 10.2 Å². The molecule has 11 heteroatoms. The van der Waals surface area contributed by atoms with E-state index in [1.165, 1.54) is 6.07 Å². The van der Waals surface area contributed by atoms with E-state index in [2.05, 4.69) is 5.32 Å². The average Bonchev–Trinajstić information content (AvgIpc) is 2.90. The monoisotopic (exact) mass is 563 g/mol. The van der Waals surface area contributed by atoms with Crippen molar-refractivity contribution in [2.24, 2.45) is 23.5 Å². The van der Waals surface area contributed by atoms with Gasteiger partial charge in [0.2, 0.25) is 11.7 Å². The zero-order valence-electron chi connectivity index (χ0n) is 22.8. The Balaban J connectivity index is 1.55. The fourth-order valence-electron chi connectivity index (χ4n) is 6.52. The summed E-state index contributed by atoms with van der Waals surface area (Å²) < 4.78 is 0. The second-order valence-electron chi connectivity index (χ2n) is 11.4. The Kier molecular flexibility index (Phi) is 7.22. The highest BCUT2D eigenvalue weighted by Gasteiger charge is 2.64. The Hall–Kier alpha value is -4.06. The molecule has 41 heavy (non-hydrogen) atoms. The molecule has 0 aliphatic heterocycles. The van der Waals surface area contributed by atoms with Crippen LogP contribution in [0, 0.1) is 17.8 Å². The van der Waals surface area contributed by atoms with Gasteiger partial charge in [0.15, 0.2) is 11.4 Å². The van der Waals surface area contributed by atoms with E-state index in [9.17, 15) is 39.6 Å². The zero-order valence-corrected chi connectivity index (χ0v) is 22.8. The lowest BCUT2D eigenvalue weighted by molar-refractivity contribution is -0.174. The summed E-state index contributed by atoms with van der Waals surface area (Å²) in [5, 5.41) is 46.8. The van der Waals surface area contributed by atoms with E-state index in [-0.39, 0.29) is 42.1 Å². The van der Waals surface area contributed by atoms with Gasteiger partial charge in [-0.05, 0) is 74.2 Å². The molecule has 2 amide bonds. The van der Waals surface area contributed by atoms with Gasteiger partial charge in [-0.25, -0.2) is 0 Å². The molecular formula is C30H33N3O8. The van der Waals surface area contributed by atoms with E-state index in [1.54, 1.807) is 30.3 Å². The molecule has 2 aromatic rings. The van der Waals surface area contributed by atoms with E-state index < -0.39 is 52.7 Å². The summed E-state index contributed by atoms with van der Waals surface area (Å²) in [7, 11) is 3.81. The summed E-state index contributed by atoms with van der Waals surface area (Å²) in [6.07, 6.45) is -1.39. The minimum absolute atomic E-state index is 0.000248. The number of phenolic OH excluding ortho intramolecular Hbond substituents is 1. The molecule has 0 saturated heterocycles. The van der Waals surface area contributed by atoms with E-state index in [1.807, 2.05) is 19.0 Å². The van der Waals surface area contributed by atoms with Crippen LogP contribution in [0.2, 0.25) is 0 Å². The number of benzene rings is 2. The van der Waals surface area contributed by atoms with Gasteiger partial charge in [0.1, 0.15) is 17.4 Å². The van der Waals surface area contributed by atoms with Crippen LogP contribution in [-0.4, -0.2) is 87.6 Å². The Morgan fingerprint density at radius 2 is 1.85 bits per heavy atom. The summed E-state index contributed by atoms with van der Waals surface area (Å²) in [6, 6.07) is 9.95. The highest BCUT2D eigenvalue weighted by molar-refractivity contribution is 6.24. The Morgan fingerprint density at radius 1 is 1.12 bits per heavy atom. The molecule has 0 spiro atoms. The van der Waals surface area contributed by atoms with Crippen LogP contribution in [0.1, 0.15) is 34.3 Å². The summed E-state index contributed by atoms with van der Waals surface area (Å²) in [4.78, 5) is 53.4. The summed E-state index contributed by atoms with van der Waals surface area (Å²) >= 11 is 0. The average molecular weight is 564 g/mol. The van der Waals surface area contributed by atoms with Crippen molar-refractivity contribution < 1.29 is 39.6 Å². The largest absolute Gasteiger partial charge is 0.507 e. The fourth-order valence-corrected chi connectivity index (χ4v) is 6.52. The number of aliphatic hydroxyl groups excluding tert-OH is 2. The number of carbonyl (C=O) groups is 4. The van der Waals surface area contributed by atoms with Crippen LogP contribution in [0.25, 0.3) is 16.9 Å². The number of nitrogens with one attached hydrogen (secondary N) is 1. The number of likely N-dealkylation sites (N-methyl/N-ethyl adjacent to an activating group) is 1. The van der Waals surface area contributed by atoms with Gasteiger partial charge >= 0.3 is 0 Å². The number of nitrogens with two attached hydrogens (primary N) is 1. The maximum absolute atomic E-state index is 13.7. The van der Waals surface area contributed by atoms with Gasteiger partial charge < -0.3 is 36.4 Å². The third-order valence-electron chi connectivity index (χ3n) is 8.55. The normalized spacial score (nSPS) is 27.2. The number of phenols is 1. The quantitative estimate of drug-likeness (QED) is 0.273. The molecule has 0 bridgehead atoms. The molecule has 0 radical (unpaired) electrons. The number of hydrogen-bond acceptors (Lipinski definition) is 9. The summed E-state index contributed by atoms with van der Waals surface area (Å²) in [6.45, 7) is 1.14. The van der Waals surface area contributed by atoms with Crippen LogP contribution >= 0.6 is 0 Å². The van der Waals surface area contributed by atoms with Crippen molar-refractivity contribution in [3.05, 3.63) is 58.7 Å². The first-order chi connectivity index (χ1) is 19.4. The van der Waals surface area contributed by atoms with E-state index in [4.69, 9.17) is 5.73 Å². The topological polar surface area (TPSA) is 190 Å². The van der Waals surface area contributed by atoms with Gasteiger partial charge in [0, 0.05) is 30.1 Å². The molecule has 5 rings (SSSR count). The maximum Gasteiger partial charge on any atom is 0.251 e. The van der Waals surface area contributed by atoms with Gasteiger partial charge in [-0.3, -0.25) is 19.2 Å². The molecular weight excluding hydrogens is 530 g/mol. The number of primary amides is 1. The smallest absolute Gasteiger partial charge is 0.251 e. The SMILES string of the molecule is CN(C)CCNC(=O)c1cccc(-c2ccc(O)c3c2C[C@H]2C[C@H]4CC(O)C(C(N)=O)C(=O)[C@@]4(O)C(=O)C2=C3O)c1.